The molecule has 0 radical (unpaired) electrons. The Morgan fingerprint density at radius 3 is 2.89 bits per heavy atom. The highest BCUT2D eigenvalue weighted by Gasteiger charge is 2.20. The van der Waals surface area contributed by atoms with Crippen LogP contribution < -0.4 is 5.32 Å². The molecule has 2 N–H and O–H groups in total. The van der Waals surface area contributed by atoms with Gasteiger partial charge in [-0.2, -0.15) is 0 Å². The minimum absolute atomic E-state index is 0.164. The van der Waals surface area contributed by atoms with Crippen LogP contribution in [0, 0.1) is 0 Å². The molecule has 1 saturated heterocycles. The number of nitrogens with one attached hydrogen (secondary N) is 2. The molecule has 0 unspecified atom stereocenters. The Hall–Kier alpha value is -1.43. The molecular formula is C12H21N5O. The Labute approximate surface area is 107 Å². The van der Waals surface area contributed by atoms with Crippen LogP contribution in [-0.2, 0) is 6.42 Å². The van der Waals surface area contributed by atoms with Gasteiger partial charge in [-0.1, -0.05) is 6.92 Å². The quantitative estimate of drug-likeness (QED) is 0.821. The summed E-state index contributed by atoms with van der Waals surface area (Å²) in [7, 11) is 2.10. The van der Waals surface area contributed by atoms with Crippen LogP contribution in [0.25, 0.3) is 0 Å². The van der Waals surface area contributed by atoms with Gasteiger partial charge in [-0.3, -0.25) is 9.89 Å². The lowest BCUT2D eigenvalue weighted by Gasteiger charge is -2.29. The Kier molecular flexibility index (Phi) is 4.30. The third-order valence-electron chi connectivity index (χ3n) is 3.28. The van der Waals surface area contributed by atoms with Crippen LogP contribution in [0.5, 0.6) is 0 Å². The number of rotatable bonds is 4. The van der Waals surface area contributed by atoms with E-state index < -0.39 is 0 Å². The predicted octanol–water partition coefficient (Wildman–Crippen LogP) is 0.581. The van der Waals surface area contributed by atoms with Gasteiger partial charge in [0, 0.05) is 12.5 Å². The van der Waals surface area contributed by atoms with Gasteiger partial charge in [0.15, 0.2) is 0 Å². The van der Waals surface area contributed by atoms with Gasteiger partial charge < -0.3 is 10.2 Å². The molecule has 1 aliphatic heterocycles. The van der Waals surface area contributed by atoms with Crippen molar-refractivity contribution in [3.63, 3.8) is 0 Å². The lowest BCUT2D eigenvalue weighted by molar-refractivity contribution is 0.0906. The largest absolute Gasteiger partial charge is 0.346 e. The standard InChI is InChI=1S/C12H21N5O/c1-3-4-10-14-11(16-15-10)12(18)13-9-5-7-17(2)8-6-9/h9H,3-8H2,1-2H3,(H,13,18)(H,14,15,16). The summed E-state index contributed by atoms with van der Waals surface area (Å²) in [6.07, 6.45) is 3.81. The van der Waals surface area contributed by atoms with Crippen molar-refractivity contribution >= 4 is 5.91 Å². The maximum Gasteiger partial charge on any atom is 0.291 e. The number of aromatic amines is 1. The summed E-state index contributed by atoms with van der Waals surface area (Å²) in [6, 6.07) is 0.252. The summed E-state index contributed by atoms with van der Waals surface area (Å²) < 4.78 is 0. The Bertz CT molecular complexity index is 395. The molecule has 2 rings (SSSR count). The molecule has 1 aliphatic rings. The summed E-state index contributed by atoms with van der Waals surface area (Å²) in [6.45, 7) is 4.13. The van der Waals surface area contributed by atoms with Crippen molar-refractivity contribution in [2.45, 2.75) is 38.6 Å². The summed E-state index contributed by atoms with van der Waals surface area (Å²) in [5, 5.41) is 9.76. The summed E-state index contributed by atoms with van der Waals surface area (Å²) in [5.74, 6) is 0.881. The number of H-pyrrole nitrogens is 1. The number of amides is 1. The van der Waals surface area contributed by atoms with Crippen LogP contribution in [0.3, 0.4) is 0 Å². The molecule has 18 heavy (non-hydrogen) atoms. The third kappa shape index (κ3) is 3.29. The van der Waals surface area contributed by atoms with E-state index in [1.807, 2.05) is 0 Å². The van der Waals surface area contributed by atoms with Gasteiger partial charge in [-0.15, -0.1) is 5.10 Å². The first kappa shape index (κ1) is 13.0. The first-order valence-corrected chi connectivity index (χ1v) is 6.59. The van der Waals surface area contributed by atoms with Crippen LogP contribution in [0.2, 0.25) is 0 Å². The molecule has 0 spiro atoms. The van der Waals surface area contributed by atoms with Gasteiger partial charge in [0.2, 0.25) is 5.82 Å². The zero-order valence-electron chi connectivity index (χ0n) is 11.1. The zero-order chi connectivity index (χ0) is 13.0. The predicted molar refractivity (Wildman–Crippen MR) is 68.4 cm³/mol. The summed E-state index contributed by atoms with van der Waals surface area (Å²) in [5.41, 5.74) is 0. The Balaban J connectivity index is 1.86. The minimum Gasteiger partial charge on any atom is -0.346 e. The molecule has 0 aromatic carbocycles. The second kappa shape index (κ2) is 5.95. The SMILES string of the molecule is CCCc1nc(C(=O)NC2CCN(C)CC2)n[nH]1. The number of hydrogen-bond acceptors (Lipinski definition) is 4. The number of nitrogens with zero attached hydrogens (tertiary/aromatic N) is 3. The van der Waals surface area contributed by atoms with Crippen LogP contribution in [0.1, 0.15) is 42.6 Å². The number of carbonyl (C=O) groups excluding carboxylic acids is 1. The van der Waals surface area contributed by atoms with Crippen LogP contribution in [0.15, 0.2) is 0 Å². The van der Waals surface area contributed by atoms with Crippen molar-refractivity contribution < 1.29 is 4.79 Å². The van der Waals surface area contributed by atoms with Gasteiger partial charge in [-0.25, -0.2) is 4.98 Å². The molecule has 0 bridgehead atoms. The van der Waals surface area contributed by atoms with E-state index in [4.69, 9.17) is 0 Å². The van der Waals surface area contributed by atoms with E-state index in [0.717, 1.165) is 44.6 Å². The van der Waals surface area contributed by atoms with E-state index >= 15 is 0 Å². The molecule has 1 fully saturated rings. The fraction of sp³-hybridized carbons (Fsp3) is 0.750. The van der Waals surface area contributed by atoms with Gasteiger partial charge >= 0.3 is 0 Å². The van der Waals surface area contributed by atoms with Crippen molar-refractivity contribution in [1.82, 2.24) is 25.4 Å². The number of aromatic nitrogens is 3. The molecule has 1 amide bonds. The summed E-state index contributed by atoms with van der Waals surface area (Å²) >= 11 is 0. The number of hydrogen-bond donors (Lipinski definition) is 2. The first-order chi connectivity index (χ1) is 8.69. The average molecular weight is 251 g/mol. The van der Waals surface area contributed by atoms with Crippen molar-refractivity contribution in [2.24, 2.45) is 0 Å². The van der Waals surface area contributed by atoms with Gasteiger partial charge in [0.25, 0.3) is 5.91 Å². The molecule has 100 valence electrons. The maximum absolute atomic E-state index is 11.9. The van der Waals surface area contributed by atoms with Gasteiger partial charge in [0.1, 0.15) is 5.82 Å². The van der Waals surface area contributed by atoms with E-state index in [9.17, 15) is 4.79 Å². The smallest absolute Gasteiger partial charge is 0.291 e. The van der Waals surface area contributed by atoms with E-state index in [1.54, 1.807) is 0 Å². The fourth-order valence-electron chi connectivity index (χ4n) is 2.15. The Morgan fingerprint density at radius 2 is 2.22 bits per heavy atom. The normalized spacial score (nSPS) is 17.9. The van der Waals surface area contributed by atoms with E-state index in [0.29, 0.717) is 0 Å². The molecule has 6 nitrogen and oxygen atoms in total. The fourth-order valence-corrected chi connectivity index (χ4v) is 2.15. The van der Waals surface area contributed by atoms with Crippen molar-refractivity contribution in [2.75, 3.05) is 20.1 Å². The molecule has 6 heteroatoms. The maximum atomic E-state index is 11.9. The van der Waals surface area contributed by atoms with E-state index in [1.165, 1.54) is 0 Å². The number of aryl methyl sites for hydroxylation is 1. The highest BCUT2D eigenvalue weighted by atomic mass is 16.2. The monoisotopic (exact) mass is 251 g/mol. The second-order valence-electron chi connectivity index (χ2n) is 4.91. The molecule has 0 atom stereocenters. The van der Waals surface area contributed by atoms with Crippen LogP contribution in [-0.4, -0.2) is 52.2 Å². The molecule has 1 aromatic rings. The molecule has 0 aliphatic carbocycles. The van der Waals surface area contributed by atoms with Crippen LogP contribution in [0.4, 0.5) is 0 Å². The van der Waals surface area contributed by atoms with Gasteiger partial charge in [-0.05, 0) is 39.4 Å². The highest BCUT2D eigenvalue weighted by molar-refractivity contribution is 5.90. The van der Waals surface area contributed by atoms with Crippen molar-refractivity contribution in [3.8, 4) is 0 Å². The molecule has 1 aromatic heterocycles. The van der Waals surface area contributed by atoms with Crippen LogP contribution >= 0.6 is 0 Å². The second-order valence-corrected chi connectivity index (χ2v) is 4.91. The van der Waals surface area contributed by atoms with Gasteiger partial charge in [0.05, 0.1) is 0 Å². The molecule has 2 heterocycles. The minimum atomic E-state index is -0.164. The highest BCUT2D eigenvalue weighted by Crippen LogP contribution is 2.08. The molecular weight excluding hydrogens is 230 g/mol. The van der Waals surface area contributed by atoms with Crippen molar-refractivity contribution in [1.29, 1.82) is 0 Å². The zero-order valence-corrected chi connectivity index (χ0v) is 11.1. The van der Waals surface area contributed by atoms with E-state index in [-0.39, 0.29) is 17.8 Å². The van der Waals surface area contributed by atoms with Crippen molar-refractivity contribution in [3.05, 3.63) is 11.6 Å². The first-order valence-electron chi connectivity index (χ1n) is 6.59. The number of carbonyl (C=O) groups is 1. The Morgan fingerprint density at radius 1 is 1.50 bits per heavy atom. The topological polar surface area (TPSA) is 73.9 Å². The summed E-state index contributed by atoms with van der Waals surface area (Å²) in [4.78, 5) is 18.4. The number of piperidine rings is 1. The molecule has 0 saturated carbocycles. The third-order valence-corrected chi connectivity index (χ3v) is 3.28. The van der Waals surface area contributed by atoms with E-state index in [2.05, 4.69) is 39.4 Å². The lowest BCUT2D eigenvalue weighted by atomic mass is 10.1. The lowest BCUT2D eigenvalue weighted by Crippen LogP contribution is -2.43. The average Bonchev–Trinajstić information content (AvgIpc) is 2.81. The number of likely N-dealkylation sites (tertiary alicyclic amines) is 1.